The van der Waals surface area contributed by atoms with Crippen LogP contribution in [-0.2, 0) is 37.4 Å². The topological polar surface area (TPSA) is 105 Å². The second kappa shape index (κ2) is 23.6. The van der Waals surface area contributed by atoms with Crippen molar-refractivity contribution in [3.8, 4) is 0 Å². The summed E-state index contributed by atoms with van der Waals surface area (Å²) in [5.41, 5.74) is 11.1. The second-order valence-corrected chi connectivity index (χ2v) is 19.3. The van der Waals surface area contributed by atoms with Gasteiger partial charge in [-0.3, -0.25) is 24.0 Å². The molecule has 0 amide bonds. The Morgan fingerprint density at radius 2 is 1.30 bits per heavy atom. The zero-order valence-electron chi connectivity index (χ0n) is 41.0. The molecule has 6 heterocycles. The molecule has 7 aromatic rings. The average Bonchev–Trinajstić information content (AvgIpc) is 4.01. The first-order valence-electron chi connectivity index (χ1n) is 21.4. The molecule has 1 aromatic carbocycles. The highest BCUT2D eigenvalue weighted by molar-refractivity contribution is 5.76. The van der Waals surface area contributed by atoms with Crippen LogP contribution in [0.25, 0.3) is 11.1 Å². The van der Waals surface area contributed by atoms with Gasteiger partial charge in [0.25, 0.3) is 0 Å². The van der Waals surface area contributed by atoms with Gasteiger partial charge in [-0.2, -0.15) is 15.3 Å². The molecule has 0 fully saturated rings. The molecule has 0 saturated heterocycles. The zero-order chi connectivity index (χ0) is 46.1. The van der Waals surface area contributed by atoms with Gasteiger partial charge in [-0.05, 0) is 83.2 Å². The van der Waals surface area contributed by atoms with E-state index in [0.717, 1.165) is 28.2 Å². The number of hydrogen-bond donors (Lipinski definition) is 0. The molecule has 0 bridgehead atoms. The number of pyridine rings is 2. The number of aromatic nitrogens is 9. The number of aryl methyl sites for hydroxylation is 4. The molecular weight excluding hydrogens is 755 g/mol. The Morgan fingerprint density at radius 3 is 1.64 bits per heavy atom. The molecule has 0 aliphatic carbocycles. The van der Waals surface area contributed by atoms with Crippen molar-refractivity contribution in [1.82, 2.24) is 44.3 Å². The van der Waals surface area contributed by atoms with Gasteiger partial charge in [-0.1, -0.05) is 128 Å². The molecular formula is C51H77N9O. The molecule has 7 rings (SSSR count). The average molecular weight is 832 g/mol. The van der Waals surface area contributed by atoms with E-state index in [9.17, 15) is 0 Å². The summed E-state index contributed by atoms with van der Waals surface area (Å²) >= 11 is 0. The maximum Gasteiger partial charge on any atom is 0.181 e. The number of rotatable bonds is 3. The number of nitrogens with zero attached hydrogens (tertiary/aromatic N) is 9. The Balaban J connectivity index is 0.000000253. The van der Waals surface area contributed by atoms with Crippen molar-refractivity contribution in [1.29, 1.82) is 0 Å². The molecule has 0 atom stereocenters. The van der Waals surface area contributed by atoms with Gasteiger partial charge in [0.1, 0.15) is 5.52 Å². The molecule has 0 N–H and O–H groups in total. The van der Waals surface area contributed by atoms with E-state index in [4.69, 9.17) is 4.42 Å². The monoisotopic (exact) mass is 832 g/mol. The Kier molecular flexibility index (Phi) is 20.0. The molecule has 0 spiro atoms. The van der Waals surface area contributed by atoms with Crippen LogP contribution in [0.15, 0.2) is 109 Å². The van der Waals surface area contributed by atoms with Crippen LogP contribution in [0.4, 0.5) is 0 Å². The summed E-state index contributed by atoms with van der Waals surface area (Å²) in [6.07, 6.45) is 12.9. The molecule has 0 unspecified atom stereocenters. The number of hydrogen-bond acceptors (Lipinski definition) is 7. The fraction of sp³-hybridized carbons (Fsp3) is 0.490. The summed E-state index contributed by atoms with van der Waals surface area (Å²) in [7, 11) is 5.87. The van der Waals surface area contributed by atoms with Gasteiger partial charge in [-0.25, -0.2) is 4.98 Å². The van der Waals surface area contributed by atoms with Gasteiger partial charge in [0, 0.05) is 80.5 Å². The molecule has 0 saturated carbocycles. The molecule has 10 nitrogen and oxygen atoms in total. The van der Waals surface area contributed by atoms with Crippen LogP contribution in [0.5, 0.6) is 0 Å². The first-order chi connectivity index (χ1) is 28.3. The van der Waals surface area contributed by atoms with Crippen LogP contribution >= 0.6 is 0 Å². The number of fused-ring (bicyclic) bond motifs is 1. The quantitative estimate of drug-likeness (QED) is 0.175. The minimum atomic E-state index is 0.182. The summed E-state index contributed by atoms with van der Waals surface area (Å²) in [6, 6.07) is 20.2. The van der Waals surface area contributed by atoms with E-state index >= 15 is 0 Å². The van der Waals surface area contributed by atoms with E-state index in [1.807, 2.05) is 96.4 Å². The number of para-hydroxylation sites is 1. The van der Waals surface area contributed by atoms with Crippen LogP contribution in [0, 0.1) is 6.92 Å². The smallest absolute Gasteiger partial charge is 0.181 e. The van der Waals surface area contributed by atoms with Crippen LogP contribution in [0.1, 0.15) is 161 Å². The van der Waals surface area contributed by atoms with Crippen LogP contribution in [0.2, 0.25) is 0 Å². The lowest BCUT2D eigenvalue weighted by molar-refractivity contribution is 0.523. The van der Waals surface area contributed by atoms with Crippen LogP contribution < -0.4 is 0 Å². The maximum atomic E-state index is 5.30. The molecule has 6 aromatic heterocycles. The molecule has 0 aliphatic rings. The van der Waals surface area contributed by atoms with E-state index in [-0.39, 0.29) is 16.2 Å². The Hall–Kier alpha value is -5.38. The third-order valence-corrected chi connectivity index (χ3v) is 9.53. The fourth-order valence-corrected chi connectivity index (χ4v) is 6.06. The summed E-state index contributed by atoms with van der Waals surface area (Å²) in [6.45, 7) is 34.6. The highest BCUT2D eigenvalue weighted by Gasteiger charge is 2.19. The van der Waals surface area contributed by atoms with Crippen molar-refractivity contribution >= 4 is 11.1 Å². The minimum absolute atomic E-state index is 0.182. The predicted molar refractivity (Wildman–Crippen MR) is 255 cm³/mol. The predicted octanol–water partition coefficient (Wildman–Crippen LogP) is 12.8. The van der Waals surface area contributed by atoms with E-state index in [1.165, 1.54) is 28.8 Å². The normalized spacial score (nSPS) is 11.3. The highest BCUT2D eigenvalue weighted by atomic mass is 16.3. The van der Waals surface area contributed by atoms with Crippen molar-refractivity contribution in [3.05, 3.63) is 144 Å². The van der Waals surface area contributed by atoms with E-state index in [2.05, 4.69) is 171 Å². The summed E-state index contributed by atoms with van der Waals surface area (Å²) in [5.74, 6) is 1.63. The third kappa shape index (κ3) is 18.0. The van der Waals surface area contributed by atoms with Crippen molar-refractivity contribution in [2.24, 2.45) is 21.1 Å². The van der Waals surface area contributed by atoms with E-state index in [1.54, 1.807) is 6.20 Å². The molecule has 0 radical (unpaired) electrons. The summed E-state index contributed by atoms with van der Waals surface area (Å²) in [4.78, 5) is 12.3. The first-order valence-corrected chi connectivity index (χ1v) is 21.4. The molecule has 61 heavy (non-hydrogen) atoms. The fourth-order valence-electron chi connectivity index (χ4n) is 6.06. The number of benzene rings is 1. The van der Waals surface area contributed by atoms with Gasteiger partial charge in [-0.15, -0.1) is 0 Å². The zero-order valence-corrected chi connectivity index (χ0v) is 41.0. The Bertz CT molecular complexity index is 2190. The number of oxazole rings is 1. The van der Waals surface area contributed by atoms with E-state index < -0.39 is 0 Å². The lowest BCUT2D eigenvalue weighted by atomic mass is 9.88. The highest BCUT2D eigenvalue weighted by Crippen LogP contribution is 2.25. The maximum absolute atomic E-state index is 5.30. The minimum Gasteiger partial charge on any atom is -0.443 e. The summed E-state index contributed by atoms with van der Waals surface area (Å²) in [5, 5.41) is 12.7. The van der Waals surface area contributed by atoms with E-state index in [0.29, 0.717) is 17.8 Å². The van der Waals surface area contributed by atoms with Gasteiger partial charge in [0.05, 0.1) is 11.4 Å². The van der Waals surface area contributed by atoms with Crippen LogP contribution in [-0.4, -0.2) is 44.3 Å². The van der Waals surface area contributed by atoms with Crippen LogP contribution in [0.3, 0.4) is 0 Å². The lowest BCUT2D eigenvalue weighted by Crippen LogP contribution is -2.16. The molecule has 10 heteroatoms. The van der Waals surface area contributed by atoms with Gasteiger partial charge in [0.15, 0.2) is 12.0 Å². The van der Waals surface area contributed by atoms with Gasteiger partial charge >= 0.3 is 0 Å². The van der Waals surface area contributed by atoms with Crippen molar-refractivity contribution in [2.75, 3.05) is 0 Å². The summed E-state index contributed by atoms with van der Waals surface area (Å²) < 4.78 is 10.9. The Labute approximate surface area is 368 Å². The van der Waals surface area contributed by atoms with Gasteiger partial charge < -0.3 is 4.42 Å². The SMILES string of the molecule is CC(C)c1cccc2ncoc12.CC(C)c1ccccn1.CC(C)c1cccnc1.Cc1nn(C)cc1C(C)(C)C.Cn1ccc(C(C)(C)C)n1.Cn1nccc1C(C)(C)C. The van der Waals surface area contributed by atoms with Gasteiger partial charge in [0.2, 0.25) is 0 Å². The first kappa shape index (κ1) is 51.8. The van der Waals surface area contributed by atoms with Crippen molar-refractivity contribution in [3.63, 3.8) is 0 Å². The molecule has 0 aliphatic heterocycles. The standard InChI is InChI=1S/C10H11NO.C9H16N2.2C8H14N2.2C8H11N/c1-7(2)8-4-3-5-9-10(8)12-6-11-9;1-7-8(9(2,3)4)6-11(5)10-7;1-8(2,3)7-5-6-10(4)9-7;1-8(2,3)7-5-6-9-10(7)4;1-7(2)8-4-3-5-9-6-8;1-7(2)8-5-3-4-6-9-8/h3-7H,1-2H3;6H,1-5H3;2*5-6H,1-4H3;2*3-7H,1-2H3. The Morgan fingerprint density at radius 1 is 0.607 bits per heavy atom. The second-order valence-electron chi connectivity index (χ2n) is 19.3. The van der Waals surface area contributed by atoms with Crippen molar-refractivity contribution < 1.29 is 4.42 Å². The largest absolute Gasteiger partial charge is 0.443 e. The molecule has 332 valence electrons. The third-order valence-electron chi connectivity index (χ3n) is 9.53. The van der Waals surface area contributed by atoms with Crippen molar-refractivity contribution in [2.45, 2.75) is 145 Å². The lowest BCUT2D eigenvalue weighted by Gasteiger charge is -2.17.